The zero-order chi connectivity index (χ0) is 23.5. The summed E-state index contributed by atoms with van der Waals surface area (Å²) in [4.78, 5) is 32.6. The summed E-state index contributed by atoms with van der Waals surface area (Å²) in [6.07, 6.45) is 4.95. The number of rotatable bonds is 6. The minimum Gasteiger partial charge on any atom is -0.404 e. The van der Waals surface area contributed by atoms with Gasteiger partial charge in [0.25, 0.3) is 5.56 Å². The van der Waals surface area contributed by atoms with Crippen molar-refractivity contribution in [2.45, 2.75) is 6.61 Å². The second kappa shape index (κ2) is 9.51. The molecule has 0 aliphatic rings. The summed E-state index contributed by atoms with van der Waals surface area (Å²) >= 11 is 12.8. The lowest BCUT2D eigenvalue weighted by atomic mass is 10.1. The van der Waals surface area contributed by atoms with Crippen LogP contribution in [-0.4, -0.2) is 19.7 Å². The first-order chi connectivity index (χ1) is 16.6. The van der Waals surface area contributed by atoms with E-state index >= 15 is 0 Å². The smallest absolute Gasteiger partial charge is 0.293 e. The number of halogens is 2. The number of pyridine rings is 2. The lowest BCUT2D eigenvalue weighted by molar-refractivity contribution is 0.0981. The fourth-order valence-electron chi connectivity index (χ4n) is 3.46. The normalized spacial score (nSPS) is 10.9. The van der Waals surface area contributed by atoms with E-state index in [0.717, 1.165) is 16.0 Å². The van der Waals surface area contributed by atoms with E-state index in [-0.39, 0.29) is 12.2 Å². The molecular formula is C25H17Cl2N5O2. The number of nitrogens with one attached hydrogen (secondary N) is 1. The summed E-state index contributed by atoms with van der Waals surface area (Å²) in [6, 6.07) is 19.9. The topological polar surface area (TPSA) is 81.9 Å². The molecule has 1 N–H and O–H groups in total. The number of aromatic nitrogens is 4. The lowest BCUT2D eigenvalue weighted by Gasteiger charge is -2.15. The maximum atomic E-state index is 13.6. The van der Waals surface area contributed by atoms with Gasteiger partial charge in [-0.05, 0) is 36.4 Å². The molecule has 2 aromatic carbocycles. The fourth-order valence-corrected chi connectivity index (χ4v) is 4.06. The zero-order valence-electron chi connectivity index (χ0n) is 17.7. The van der Waals surface area contributed by atoms with E-state index in [2.05, 4.69) is 20.3 Å². The van der Waals surface area contributed by atoms with Gasteiger partial charge in [0.2, 0.25) is 5.95 Å². The molecule has 5 aromatic rings. The first kappa shape index (κ1) is 21.9. The second-order valence-electron chi connectivity index (χ2n) is 7.35. The van der Waals surface area contributed by atoms with Crippen molar-refractivity contribution >= 4 is 45.9 Å². The van der Waals surface area contributed by atoms with Crippen molar-refractivity contribution in [1.82, 2.24) is 19.7 Å². The Hall–Kier alpha value is -3.94. The van der Waals surface area contributed by atoms with Crippen LogP contribution in [0.5, 0.6) is 0 Å². The van der Waals surface area contributed by atoms with E-state index < -0.39 is 5.56 Å². The summed E-state index contributed by atoms with van der Waals surface area (Å²) in [7, 11) is 0. The Labute approximate surface area is 204 Å². The van der Waals surface area contributed by atoms with Gasteiger partial charge in [0.1, 0.15) is 6.61 Å². The van der Waals surface area contributed by atoms with Crippen molar-refractivity contribution < 1.29 is 4.84 Å². The summed E-state index contributed by atoms with van der Waals surface area (Å²) in [5.41, 5.74) is 2.15. The van der Waals surface area contributed by atoms with Crippen LogP contribution < -0.4 is 15.7 Å². The van der Waals surface area contributed by atoms with Crippen molar-refractivity contribution in [2.75, 3.05) is 5.32 Å². The third kappa shape index (κ3) is 4.44. The average Bonchev–Trinajstić information content (AvgIpc) is 2.85. The van der Waals surface area contributed by atoms with Crippen LogP contribution in [0.3, 0.4) is 0 Å². The van der Waals surface area contributed by atoms with E-state index in [1.165, 1.54) is 0 Å². The number of para-hydroxylation sites is 1. The number of fused-ring (bicyclic) bond motifs is 1. The Morgan fingerprint density at radius 2 is 1.74 bits per heavy atom. The number of hydrogen-bond donors (Lipinski definition) is 1. The quantitative estimate of drug-likeness (QED) is 0.337. The van der Waals surface area contributed by atoms with Gasteiger partial charge in [0.05, 0.1) is 15.6 Å². The summed E-state index contributed by atoms with van der Waals surface area (Å²) in [5, 5.41) is 4.42. The van der Waals surface area contributed by atoms with Crippen molar-refractivity contribution in [2.24, 2.45) is 0 Å². The van der Waals surface area contributed by atoms with Gasteiger partial charge in [0.15, 0.2) is 5.65 Å². The van der Waals surface area contributed by atoms with Gasteiger partial charge < -0.3 is 10.2 Å². The molecule has 0 radical (unpaired) electrons. The maximum absolute atomic E-state index is 13.6. The molecule has 34 heavy (non-hydrogen) atoms. The minimum absolute atomic E-state index is 0.105. The summed E-state index contributed by atoms with van der Waals surface area (Å²) < 4.78 is 1.15. The highest BCUT2D eigenvalue weighted by atomic mass is 35.5. The van der Waals surface area contributed by atoms with Crippen LogP contribution in [0, 0.1) is 0 Å². The van der Waals surface area contributed by atoms with E-state index in [9.17, 15) is 4.79 Å². The van der Waals surface area contributed by atoms with Crippen molar-refractivity contribution in [3.63, 3.8) is 0 Å². The molecule has 5 rings (SSSR count). The minimum atomic E-state index is -0.448. The van der Waals surface area contributed by atoms with E-state index in [1.54, 1.807) is 48.9 Å². The number of nitrogens with zero attached hydrogens (tertiary/aromatic N) is 4. The van der Waals surface area contributed by atoms with Crippen molar-refractivity contribution in [3.05, 3.63) is 111 Å². The van der Waals surface area contributed by atoms with Crippen LogP contribution in [0.25, 0.3) is 22.2 Å². The Bertz CT molecular complexity index is 1510. The van der Waals surface area contributed by atoms with Crippen LogP contribution in [-0.2, 0) is 6.61 Å². The molecule has 0 fully saturated rings. The molecule has 0 spiro atoms. The van der Waals surface area contributed by atoms with Gasteiger partial charge in [-0.25, -0.2) is 4.98 Å². The van der Waals surface area contributed by atoms with Crippen LogP contribution in [0.15, 0.2) is 90.1 Å². The van der Waals surface area contributed by atoms with Crippen molar-refractivity contribution in [3.8, 4) is 11.1 Å². The molecule has 9 heteroatoms. The van der Waals surface area contributed by atoms with E-state index in [1.807, 2.05) is 36.4 Å². The zero-order valence-corrected chi connectivity index (χ0v) is 19.2. The van der Waals surface area contributed by atoms with Crippen molar-refractivity contribution in [1.29, 1.82) is 0 Å². The molecule has 0 atom stereocenters. The molecule has 0 amide bonds. The molecule has 0 saturated carbocycles. The third-order valence-electron chi connectivity index (χ3n) is 5.05. The Morgan fingerprint density at radius 1 is 0.941 bits per heavy atom. The Kier molecular flexibility index (Phi) is 6.12. The first-order valence-electron chi connectivity index (χ1n) is 10.3. The predicted octanol–water partition coefficient (Wildman–Crippen LogP) is 5.53. The highest BCUT2D eigenvalue weighted by molar-refractivity contribution is 6.39. The van der Waals surface area contributed by atoms with E-state index in [0.29, 0.717) is 32.6 Å². The van der Waals surface area contributed by atoms with E-state index in [4.69, 9.17) is 28.0 Å². The SMILES string of the molecule is O=c1c(-c2c(Cl)cccc2Cl)cc2cnc(Nc3ccccc3)nc2n1OCc1cccnc1. The number of benzene rings is 2. The number of anilines is 2. The Balaban J connectivity index is 1.66. The molecule has 7 nitrogen and oxygen atoms in total. The molecule has 0 aliphatic heterocycles. The summed E-state index contributed by atoms with van der Waals surface area (Å²) in [5.74, 6) is 0.320. The molecule has 3 heterocycles. The van der Waals surface area contributed by atoms with Crippen LogP contribution >= 0.6 is 23.2 Å². The molecule has 0 saturated heterocycles. The molecule has 3 aromatic heterocycles. The van der Waals surface area contributed by atoms with Gasteiger partial charge in [-0.1, -0.05) is 53.5 Å². The van der Waals surface area contributed by atoms with Gasteiger partial charge in [-0.15, -0.1) is 4.73 Å². The monoisotopic (exact) mass is 489 g/mol. The molecule has 0 unspecified atom stereocenters. The largest absolute Gasteiger partial charge is 0.404 e. The van der Waals surface area contributed by atoms with Gasteiger partial charge in [-0.3, -0.25) is 9.78 Å². The van der Waals surface area contributed by atoms with Gasteiger partial charge >= 0.3 is 0 Å². The first-order valence-corrected chi connectivity index (χ1v) is 11.1. The second-order valence-corrected chi connectivity index (χ2v) is 8.17. The highest BCUT2D eigenvalue weighted by Gasteiger charge is 2.19. The standard InChI is InChI=1S/C25H17Cl2N5O2/c26-20-9-4-10-21(27)22(20)19-12-17-14-29-25(30-18-7-2-1-3-8-18)31-23(17)32(24(19)33)34-15-16-6-5-11-28-13-16/h1-14H,15H2,(H,29,30,31). The highest BCUT2D eigenvalue weighted by Crippen LogP contribution is 2.33. The molecule has 0 aliphatic carbocycles. The lowest BCUT2D eigenvalue weighted by Crippen LogP contribution is -2.29. The van der Waals surface area contributed by atoms with Gasteiger partial charge in [0, 0.05) is 40.8 Å². The predicted molar refractivity (Wildman–Crippen MR) is 133 cm³/mol. The molecule has 168 valence electrons. The number of hydrogen-bond acceptors (Lipinski definition) is 6. The fraction of sp³-hybridized carbons (Fsp3) is 0.0400. The van der Waals surface area contributed by atoms with Gasteiger partial charge in [-0.2, -0.15) is 4.98 Å². The van der Waals surface area contributed by atoms with Crippen LogP contribution in [0.1, 0.15) is 5.56 Å². The molecular weight excluding hydrogens is 473 g/mol. The summed E-state index contributed by atoms with van der Waals surface area (Å²) in [6.45, 7) is 0.105. The Morgan fingerprint density at radius 3 is 2.47 bits per heavy atom. The third-order valence-corrected chi connectivity index (χ3v) is 5.68. The van der Waals surface area contributed by atoms with Crippen LogP contribution in [0.2, 0.25) is 10.0 Å². The van der Waals surface area contributed by atoms with Crippen LogP contribution in [0.4, 0.5) is 11.6 Å². The molecule has 0 bridgehead atoms. The maximum Gasteiger partial charge on any atom is 0.293 e. The average molecular weight is 490 g/mol.